The number of carbonyl (C=O) groups is 2. The molecule has 0 saturated carbocycles. The number of nitrogens with zero attached hydrogens (tertiary/aromatic N) is 1. The molecule has 0 saturated heterocycles. The molecule has 1 N–H and O–H groups in total. The molecular weight excluding hydrogens is 539 g/mol. The van der Waals surface area contributed by atoms with E-state index in [0.29, 0.717) is 24.3 Å². The highest BCUT2D eigenvalue weighted by molar-refractivity contribution is 9.10. The van der Waals surface area contributed by atoms with Crippen LogP contribution in [0.2, 0.25) is 0 Å². The van der Waals surface area contributed by atoms with Gasteiger partial charge in [-0.25, -0.2) is 4.39 Å². The number of amides is 2. The summed E-state index contributed by atoms with van der Waals surface area (Å²) in [6, 6.07) is 23.2. The molecule has 0 aromatic heterocycles. The zero-order chi connectivity index (χ0) is 25.9. The van der Waals surface area contributed by atoms with Gasteiger partial charge < -0.3 is 10.2 Å². The van der Waals surface area contributed by atoms with Crippen LogP contribution in [0.3, 0.4) is 0 Å². The Hall–Kier alpha value is -2.64. The third-order valence-corrected chi connectivity index (χ3v) is 7.18. The number of hydrogen-bond donors (Lipinski definition) is 1. The van der Waals surface area contributed by atoms with E-state index in [-0.39, 0.29) is 35.8 Å². The fourth-order valence-corrected chi connectivity index (χ4v) is 4.84. The average Bonchev–Trinajstić information content (AvgIpc) is 2.87. The fraction of sp³-hybridized carbons (Fsp3) is 0.310. The number of benzene rings is 3. The van der Waals surface area contributed by atoms with Gasteiger partial charge in [-0.2, -0.15) is 0 Å². The van der Waals surface area contributed by atoms with Gasteiger partial charge in [0.15, 0.2) is 0 Å². The standard InChI is InChI=1S/C29H32BrFN2O2S/c1-21(2)17-32-29(35)27(16-22-8-4-3-5-9-22)33(18-24-10-6-7-11-26(24)31)28(34)20-36-19-23-12-14-25(30)15-13-23/h3-15,21,27H,16-20H2,1-2H3,(H,32,35)/t27-/m1/s1. The molecule has 3 aromatic rings. The molecule has 0 aliphatic carbocycles. The van der Waals surface area contributed by atoms with Gasteiger partial charge in [0.2, 0.25) is 11.8 Å². The van der Waals surface area contributed by atoms with E-state index in [1.807, 2.05) is 68.4 Å². The van der Waals surface area contributed by atoms with Gasteiger partial charge in [-0.05, 0) is 35.2 Å². The molecule has 0 spiro atoms. The predicted molar refractivity (Wildman–Crippen MR) is 149 cm³/mol. The molecule has 190 valence electrons. The predicted octanol–water partition coefficient (Wildman–Crippen LogP) is 6.23. The van der Waals surface area contributed by atoms with Crippen LogP contribution in [0.5, 0.6) is 0 Å². The third kappa shape index (κ3) is 8.79. The number of hydrogen-bond acceptors (Lipinski definition) is 3. The molecule has 4 nitrogen and oxygen atoms in total. The van der Waals surface area contributed by atoms with Gasteiger partial charge in [0.1, 0.15) is 11.9 Å². The van der Waals surface area contributed by atoms with E-state index in [9.17, 15) is 14.0 Å². The van der Waals surface area contributed by atoms with Crippen molar-refractivity contribution in [2.24, 2.45) is 5.92 Å². The normalized spacial score (nSPS) is 11.8. The summed E-state index contributed by atoms with van der Waals surface area (Å²) in [6.07, 6.45) is 0.350. The van der Waals surface area contributed by atoms with E-state index in [1.54, 1.807) is 18.2 Å². The summed E-state index contributed by atoms with van der Waals surface area (Å²) in [7, 11) is 0. The van der Waals surface area contributed by atoms with Crippen molar-refractivity contribution < 1.29 is 14.0 Å². The minimum Gasteiger partial charge on any atom is -0.354 e. The monoisotopic (exact) mass is 570 g/mol. The zero-order valence-corrected chi connectivity index (χ0v) is 23.0. The lowest BCUT2D eigenvalue weighted by Gasteiger charge is -2.32. The van der Waals surface area contributed by atoms with Gasteiger partial charge in [-0.15, -0.1) is 11.8 Å². The molecule has 3 rings (SSSR count). The van der Waals surface area contributed by atoms with E-state index in [4.69, 9.17) is 0 Å². The number of rotatable bonds is 12. The van der Waals surface area contributed by atoms with E-state index < -0.39 is 6.04 Å². The highest BCUT2D eigenvalue weighted by atomic mass is 79.9. The van der Waals surface area contributed by atoms with Gasteiger partial charge in [-0.3, -0.25) is 9.59 Å². The Kier molecular flexibility index (Phi) is 11.0. The van der Waals surface area contributed by atoms with Crippen molar-refractivity contribution in [2.45, 2.75) is 38.6 Å². The molecular formula is C29H32BrFN2O2S. The number of thioether (sulfide) groups is 1. The molecule has 0 fully saturated rings. The van der Waals surface area contributed by atoms with E-state index in [1.165, 1.54) is 22.7 Å². The molecule has 0 radical (unpaired) electrons. The highest BCUT2D eigenvalue weighted by Gasteiger charge is 2.30. The maximum absolute atomic E-state index is 14.6. The van der Waals surface area contributed by atoms with Crippen LogP contribution < -0.4 is 5.32 Å². The number of carbonyl (C=O) groups excluding carboxylic acids is 2. The van der Waals surface area contributed by atoms with Crippen molar-refractivity contribution in [2.75, 3.05) is 12.3 Å². The van der Waals surface area contributed by atoms with Crippen molar-refractivity contribution in [1.82, 2.24) is 10.2 Å². The Balaban J connectivity index is 1.84. The van der Waals surface area contributed by atoms with Crippen LogP contribution >= 0.6 is 27.7 Å². The van der Waals surface area contributed by atoms with Crippen molar-refractivity contribution in [3.05, 3.63) is 106 Å². The summed E-state index contributed by atoms with van der Waals surface area (Å²) in [5.74, 6) is 0.307. The second-order valence-electron chi connectivity index (χ2n) is 9.08. The second-order valence-corrected chi connectivity index (χ2v) is 11.0. The summed E-state index contributed by atoms with van der Waals surface area (Å²) in [6.45, 7) is 4.57. The summed E-state index contributed by atoms with van der Waals surface area (Å²) >= 11 is 4.92. The molecule has 3 aromatic carbocycles. The van der Waals surface area contributed by atoms with E-state index >= 15 is 0 Å². The largest absolute Gasteiger partial charge is 0.354 e. The highest BCUT2D eigenvalue weighted by Crippen LogP contribution is 2.20. The zero-order valence-electron chi connectivity index (χ0n) is 20.6. The molecule has 7 heteroatoms. The van der Waals surface area contributed by atoms with Gasteiger partial charge in [0, 0.05) is 35.3 Å². The van der Waals surface area contributed by atoms with Crippen LogP contribution in [-0.4, -0.2) is 35.1 Å². The Bertz CT molecular complexity index is 1130. The molecule has 0 heterocycles. The summed E-state index contributed by atoms with van der Waals surface area (Å²) in [5, 5.41) is 2.99. The Morgan fingerprint density at radius 3 is 2.28 bits per heavy atom. The number of halogens is 2. The first-order chi connectivity index (χ1) is 17.3. The Morgan fingerprint density at radius 1 is 0.944 bits per heavy atom. The number of nitrogens with one attached hydrogen (secondary N) is 1. The Labute approximate surface area is 225 Å². The minimum atomic E-state index is -0.758. The van der Waals surface area contributed by atoms with Crippen LogP contribution in [0, 0.1) is 11.7 Å². The maximum Gasteiger partial charge on any atom is 0.243 e. The minimum absolute atomic E-state index is 0.0248. The average molecular weight is 572 g/mol. The van der Waals surface area contributed by atoms with Crippen LogP contribution in [0.15, 0.2) is 83.3 Å². The van der Waals surface area contributed by atoms with Crippen molar-refractivity contribution >= 4 is 39.5 Å². The first kappa shape index (κ1) is 27.9. The lowest BCUT2D eigenvalue weighted by Crippen LogP contribution is -2.51. The SMILES string of the molecule is CC(C)CNC(=O)[C@@H](Cc1ccccc1)N(Cc1ccccc1F)C(=O)CSCc1ccc(Br)cc1. The third-order valence-electron chi connectivity index (χ3n) is 5.66. The van der Waals surface area contributed by atoms with Gasteiger partial charge in [-0.1, -0.05) is 90.4 Å². The second kappa shape index (κ2) is 14.2. The molecule has 0 aliphatic heterocycles. The fourth-order valence-electron chi connectivity index (χ4n) is 3.71. The van der Waals surface area contributed by atoms with Gasteiger partial charge >= 0.3 is 0 Å². The van der Waals surface area contributed by atoms with Crippen LogP contribution in [-0.2, 0) is 28.3 Å². The summed E-state index contributed by atoms with van der Waals surface area (Å²) in [5.41, 5.74) is 2.43. The topological polar surface area (TPSA) is 49.4 Å². The van der Waals surface area contributed by atoms with Crippen molar-refractivity contribution in [3.63, 3.8) is 0 Å². The molecule has 0 bridgehead atoms. The van der Waals surface area contributed by atoms with Crippen LogP contribution in [0.25, 0.3) is 0 Å². The molecule has 0 aliphatic rings. The van der Waals surface area contributed by atoms with Crippen LogP contribution in [0.1, 0.15) is 30.5 Å². The Morgan fingerprint density at radius 2 is 1.61 bits per heavy atom. The molecule has 0 unspecified atom stereocenters. The van der Waals surface area contributed by atoms with E-state index in [0.717, 1.165) is 15.6 Å². The van der Waals surface area contributed by atoms with Crippen LogP contribution in [0.4, 0.5) is 4.39 Å². The van der Waals surface area contributed by atoms with Crippen molar-refractivity contribution in [1.29, 1.82) is 0 Å². The first-order valence-electron chi connectivity index (χ1n) is 12.0. The molecule has 36 heavy (non-hydrogen) atoms. The van der Waals surface area contributed by atoms with Crippen molar-refractivity contribution in [3.8, 4) is 0 Å². The van der Waals surface area contributed by atoms with Gasteiger partial charge in [0.25, 0.3) is 0 Å². The quantitative estimate of drug-likeness (QED) is 0.280. The first-order valence-corrected chi connectivity index (χ1v) is 13.9. The van der Waals surface area contributed by atoms with E-state index in [2.05, 4.69) is 21.2 Å². The smallest absolute Gasteiger partial charge is 0.243 e. The molecule has 2 amide bonds. The molecule has 1 atom stereocenters. The maximum atomic E-state index is 14.6. The summed E-state index contributed by atoms with van der Waals surface area (Å²) < 4.78 is 15.6. The lowest BCUT2D eigenvalue weighted by molar-refractivity contribution is -0.139. The van der Waals surface area contributed by atoms with Gasteiger partial charge in [0.05, 0.1) is 5.75 Å². The summed E-state index contributed by atoms with van der Waals surface area (Å²) in [4.78, 5) is 28.5. The lowest BCUT2D eigenvalue weighted by atomic mass is 10.0.